The van der Waals surface area contributed by atoms with Crippen molar-refractivity contribution in [3.05, 3.63) is 63.8 Å². The molecule has 14 heteroatoms. The van der Waals surface area contributed by atoms with E-state index < -0.39 is 27.9 Å². The van der Waals surface area contributed by atoms with Gasteiger partial charge >= 0.3 is 6.09 Å². The fourth-order valence-corrected chi connectivity index (χ4v) is 4.26. The van der Waals surface area contributed by atoms with Gasteiger partial charge < -0.3 is 32.3 Å². The highest BCUT2D eigenvalue weighted by atomic mass is 32.3. The molecular weight excluding hydrogens is 618 g/mol. The van der Waals surface area contributed by atoms with Gasteiger partial charge in [-0.05, 0) is 69.5 Å². The molecule has 0 bridgehead atoms. The largest absolute Gasteiger partial charge is 0.495 e. The summed E-state index contributed by atoms with van der Waals surface area (Å²) in [6.07, 6.45) is 5.70. The number of nitrogens with one attached hydrogen (secondary N) is 2. The van der Waals surface area contributed by atoms with Crippen molar-refractivity contribution in [2.45, 2.75) is 32.1 Å². The topological polar surface area (TPSA) is 168 Å². The van der Waals surface area contributed by atoms with Crippen LogP contribution in [0.2, 0.25) is 0 Å². The molecule has 46 heavy (non-hydrogen) atoms. The molecular formula is C32H37N3O10S. The first kappa shape index (κ1) is 35.3. The van der Waals surface area contributed by atoms with Crippen molar-refractivity contribution >= 4 is 39.5 Å². The molecule has 0 fully saturated rings. The lowest BCUT2D eigenvalue weighted by molar-refractivity contribution is 0.106. The predicted molar refractivity (Wildman–Crippen MR) is 175 cm³/mol. The summed E-state index contributed by atoms with van der Waals surface area (Å²) in [5.74, 6) is 3.11. The first-order chi connectivity index (χ1) is 21.7. The second-order valence-electron chi connectivity index (χ2n) is 10.9. The normalized spacial score (nSPS) is 11.3. The van der Waals surface area contributed by atoms with Gasteiger partial charge in [0, 0.05) is 27.1 Å². The zero-order valence-corrected chi connectivity index (χ0v) is 27.9. The van der Waals surface area contributed by atoms with Crippen molar-refractivity contribution in [3.63, 3.8) is 0 Å². The molecule has 1 amide bonds. The Morgan fingerprint density at radius 2 is 1.59 bits per heavy atom. The number of carbonyl (C=O) groups is 2. The van der Waals surface area contributed by atoms with Crippen LogP contribution in [0.1, 0.15) is 48.0 Å². The van der Waals surface area contributed by atoms with Crippen LogP contribution in [0, 0.1) is 22.3 Å². The number of rotatable bonds is 12. The van der Waals surface area contributed by atoms with Crippen LogP contribution in [0.3, 0.4) is 0 Å². The maximum Gasteiger partial charge on any atom is 0.412 e. The molecule has 0 saturated heterocycles. The minimum absolute atomic E-state index is 0.00803. The van der Waals surface area contributed by atoms with Gasteiger partial charge in [-0.15, -0.1) is 4.91 Å². The molecule has 2 N–H and O–H groups in total. The third-order valence-electron chi connectivity index (χ3n) is 7.02. The number of hydrogen-bond acceptors (Lipinski definition) is 12. The van der Waals surface area contributed by atoms with Gasteiger partial charge in [0.1, 0.15) is 23.3 Å². The molecule has 246 valence electrons. The second kappa shape index (κ2) is 14.7. The van der Waals surface area contributed by atoms with Crippen LogP contribution in [-0.2, 0) is 15.5 Å². The first-order valence-electron chi connectivity index (χ1n) is 13.6. The lowest BCUT2D eigenvalue weighted by Gasteiger charge is -2.41. The molecule has 1 aromatic heterocycles. The molecule has 0 aliphatic carbocycles. The molecule has 13 nitrogen and oxygen atoms in total. The van der Waals surface area contributed by atoms with E-state index in [-0.39, 0.29) is 68.4 Å². The Balaban J connectivity index is 2.11. The monoisotopic (exact) mass is 655 g/mol. The van der Waals surface area contributed by atoms with Gasteiger partial charge in [0.25, 0.3) is 5.88 Å². The van der Waals surface area contributed by atoms with E-state index in [2.05, 4.69) is 22.5 Å². The number of methoxy groups -OCH3 is 4. The number of ketones is 1. The Hall–Kier alpha value is -5.16. The number of Topliss-reactive ketones (excluding diaryl/α,β-unsaturated/α-hetero) is 1. The molecule has 3 aromatic rings. The van der Waals surface area contributed by atoms with E-state index in [0.717, 1.165) is 0 Å². The quantitative estimate of drug-likeness (QED) is 0.0915. The van der Waals surface area contributed by atoms with Gasteiger partial charge in [0.15, 0.2) is 18.1 Å². The molecule has 3 rings (SSSR count). The summed E-state index contributed by atoms with van der Waals surface area (Å²) in [5, 5.41) is 14.2. The molecule has 0 radical (unpaired) electrons. The van der Waals surface area contributed by atoms with Gasteiger partial charge in [-0.2, -0.15) is 0 Å². The van der Waals surface area contributed by atoms with Crippen molar-refractivity contribution in [3.8, 4) is 35.0 Å². The summed E-state index contributed by atoms with van der Waals surface area (Å²) in [7, 11) is 4.00. The summed E-state index contributed by atoms with van der Waals surface area (Å²) in [6, 6.07) is 8.56. The summed E-state index contributed by atoms with van der Waals surface area (Å²) in [5.41, 5.74) is -0.329. The summed E-state index contributed by atoms with van der Waals surface area (Å²) >= 11 is 0. The SMILES string of the molecule is COc1ccc(C(=N)C(=O)c2cc(OC)c(OC)c(OC)c2)c(NC(=O)OCc2ccc(N=O)o2)c1C#COS(C)(C)C(C)(C)C. The van der Waals surface area contributed by atoms with Gasteiger partial charge in [0.05, 0.1) is 39.7 Å². The molecule has 2 aromatic carbocycles. The molecule has 0 unspecified atom stereocenters. The first-order valence-corrected chi connectivity index (χ1v) is 16.0. The van der Waals surface area contributed by atoms with E-state index in [1.54, 1.807) is 0 Å². The average Bonchev–Trinajstić information content (AvgIpc) is 3.50. The third-order valence-corrected chi connectivity index (χ3v) is 10.5. The van der Waals surface area contributed by atoms with Crippen molar-refractivity contribution in [2.75, 3.05) is 46.3 Å². The van der Waals surface area contributed by atoms with Crippen molar-refractivity contribution in [2.24, 2.45) is 5.18 Å². The lowest BCUT2D eigenvalue weighted by Crippen LogP contribution is -2.23. The number of ether oxygens (including phenoxy) is 5. The second-order valence-corrected chi connectivity index (χ2v) is 14.7. The van der Waals surface area contributed by atoms with Gasteiger partial charge in [0.2, 0.25) is 11.5 Å². The maximum absolute atomic E-state index is 13.7. The molecule has 0 spiro atoms. The highest BCUT2D eigenvalue weighted by Gasteiger charge is 2.30. The Morgan fingerprint density at radius 3 is 2.11 bits per heavy atom. The van der Waals surface area contributed by atoms with E-state index in [1.807, 2.05) is 33.3 Å². The molecule has 0 atom stereocenters. The van der Waals surface area contributed by atoms with Crippen molar-refractivity contribution < 1.29 is 41.9 Å². The van der Waals surface area contributed by atoms with E-state index >= 15 is 0 Å². The highest BCUT2D eigenvalue weighted by Crippen LogP contribution is 2.53. The average molecular weight is 656 g/mol. The van der Waals surface area contributed by atoms with Gasteiger partial charge in [-0.1, -0.05) is 10.3 Å². The Kier molecular flexibility index (Phi) is 11.3. The van der Waals surface area contributed by atoms with Crippen molar-refractivity contribution in [1.82, 2.24) is 0 Å². The third kappa shape index (κ3) is 7.91. The molecule has 0 saturated carbocycles. The number of anilines is 1. The van der Waals surface area contributed by atoms with E-state index in [4.69, 9.17) is 37.7 Å². The Bertz CT molecular complexity index is 1670. The van der Waals surface area contributed by atoms with Crippen molar-refractivity contribution in [1.29, 1.82) is 5.41 Å². The van der Waals surface area contributed by atoms with E-state index in [9.17, 15) is 14.5 Å². The van der Waals surface area contributed by atoms with Gasteiger partial charge in [-0.3, -0.25) is 15.5 Å². The number of nitrogens with zero attached hydrogens (tertiary/aromatic N) is 1. The summed E-state index contributed by atoms with van der Waals surface area (Å²) < 4.78 is 37.8. The molecule has 0 aliphatic heterocycles. The Labute approximate surface area is 268 Å². The number of benzene rings is 2. The maximum atomic E-state index is 13.7. The van der Waals surface area contributed by atoms with Crippen LogP contribution in [0.5, 0.6) is 23.0 Å². The van der Waals surface area contributed by atoms with E-state index in [0.29, 0.717) is 0 Å². The van der Waals surface area contributed by atoms with Crippen LogP contribution < -0.4 is 24.3 Å². The van der Waals surface area contributed by atoms with Gasteiger partial charge in [-0.25, -0.2) is 4.79 Å². The minimum Gasteiger partial charge on any atom is -0.495 e. The number of furan rings is 1. The molecule has 0 aliphatic rings. The smallest absolute Gasteiger partial charge is 0.412 e. The fraction of sp³-hybridized carbons (Fsp3) is 0.344. The number of amides is 1. The lowest BCUT2D eigenvalue weighted by atomic mass is 9.96. The fourth-order valence-electron chi connectivity index (χ4n) is 3.76. The zero-order valence-electron chi connectivity index (χ0n) is 27.1. The molecule has 1 heterocycles. The minimum atomic E-state index is -1.65. The number of nitroso groups, excluding NO2 is 1. The number of carbonyl (C=O) groups excluding carboxylic acids is 2. The van der Waals surface area contributed by atoms with Crippen LogP contribution >= 0.6 is 10.3 Å². The van der Waals surface area contributed by atoms with Crippen LogP contribution in [0.15, 0.2) is 46.0 Å². The Morgan fingerprint density at radius 1 is 0.957 bits per heavy atom. The summed E-state index contributed by atoms with van der Waals surface area (Å²) in [4.78, 5) is 37.5. The van der Waals surface area contributed by atoms with Crippen LogP contribution in [0.25, 0.3) is 0 Å². The summed E-state index contributed by atoms with van der Waals surface area (Å²) in [6.45, 7) is 5.78. The van der Waals surface area contributed by atoms with Crippen LogP contribution in [-0.4, -0.2) is 63.3 Å². The standard InChI is InChI=1S/C32H37N3O10S/c1-32(2,3)46(8,9)44-15-14-21-23(39-4)12-11-22(28(21)34-31(37)43-18-20-10-13-26(35-38)45-20)27(33)29(36)19-16-24(40-5)30(42-7)25(17-19)41-6/h10-13,16-17,33H,18H2,1-9H3,(H,34,37). The van der Waals surface area contributed by atoms with Crippen LogP contribution in [0.4, 0.5) is 16.4 Å². The number of hydrogen-bond donors (Lipinski definition) is 2. The zero-order chi connectivity index (χ0) is 34.2. The van der Waals surface area contributed by atoms with E-state index in [1.165, 1.54) is 64.8 Å². The highest BCUT2D eigenvalue weighted by molar-refractivity contribution is 8.29. The predicted octanol–water partition coefficient (Wildman–Crippen LogP) is 6.81.